The highest BCUT2D eigenvalue weighted by molar-refractivity contribution is 7.90. The van der Waals surface area contributed by atoms with Crippen molar-refractivity contribution < 1.29 is 22.7 Å². The number of rotatable bonds is 7. The Bertz CT molecular complexity index is 1740. The molecular formula is C30H29N3O6S. The third-order valence-corrected chi connectivity index (χ3v) is 8.47. The summed E-state index contributed by atoms with van der Waals surface area (Å²) in [5.74, 6) is -0.733. The highest BCUT2D eigenvalue weighted by Crippen LogP contribution is 2.23. The molecule has 0 atom stereocenters. The predicted octanol–water partition coefficient (Wildman–Crippen LogP) is 4.97. The number of benzene rings is 3. The average molecular weight is 560 g/mol. The number of sulfonamides is 1. The number of aromatic nitrogens is 1. The van der Waals surface area contributed by atoms with Crippen LogP contribution >= 0.6 is 0 Å². The minimum atomic E-state index is -4.02. The molecule has 0 bridgehead atoms. The highest BCUT2D eigenvalue weighted by atomic mass is 32.2. The van der Waals surface area contributed by atoms with Crippen molar-refractivity contribution >= 4 is 38.6 Å². The summed E-state index contributed by atoms with van der Waals surface area (Å²) >= 11 is 0. The molecule has 1 aliphatic rings. The molecule has 0 unspecified atom stereocenters. The van der Waals surface area contributed by atoms with Crippen LogP contribution in [-0.2, 0) is 21.3 Å². The molecule has 1 heterocycles. The first-order chi connectivity index (χ1) is 19.2. The monoisotopic (exact) mass is 559 g/mol. The third kappa shape index (κ3) is 6.07. The van der Waals surface area contributed by atoms with E-state index in [-0.39, 0.29) is 22.0 Å². The SMILES string of the molecule is Cc1ccccc1S(=O)(=O)NC(=O)c1ccc(Cn2ccc(=O)c3ccc(NC(=O)OC4CCCC4)cc32)cc1. The van der Waals surface area contributed by atoms with E-state index in [4.69, 9.17) is 4.74 Å². The Morgan fingerprint density at radius 1 is 0.975 bits per heavy atom. The van der Waals surface area contributed by atoms with Crippen LogP contribution in [0.4, 0.5) is 10.5 Å². The fraction of sp³-hybridized carbons (Fsp3) is 0.233. The van der Waals surface area contributed by atoms with Crippen molar-refractivity contribution in [3.8, 4) is 0 Å². The normalized spacial score (nSPS) is 13.7. The number of fused-ring (bicyclic) bond motifs is 1. The van der Waals surface area contributed by atoms with Gasteiger partial charge in [0, 0.05) is 35.4 Å². The van der Waals surface area contributed by atoms with Gasteiger partial charge in [-0.15, -0.1) is 0 Å². The molecule has 0 radical (unpaired) electrons. The van der Waals surface area contributed by atoms with Gasteiger partial charge in [0.1, 0.15) is 6.10 Å². The molecule has 2 amide bonds. The van der Waals surface area contributed by atoms with Crippen molar-refractivity contribution in [2.45, 2.75) is 50.2 Å². The van der Waals surface area contributed by atoms with Gasteiger partial charge in [-0.2, -0.15) is 0 Å². The Morgan fingerprint density at radius 2 is 1.70 bits per heavy atom. The maximum Gasteiger partial charge on any atom is 0.411 e. The second-order valence-electron chi connectivity index (χ2n) is 9.87. The quantitative estimate of drug-likeness (QED) is 0.330. The van der Waals surface area contributed by atoms with Crippen molar-refractivity contribution in [3.63, 3.8) is 0 Å². The first kappa shape index (κ1) is 27.1. The Kier molecular flexibility index (Phi) is 7.70. The molecule has 206 valence electrons. The summed E-state index contributed by atoms with van der Waals surface area (Å²) in [5.41, 5.74) is 2.54. The van der Waals surface area contributed by atoms with Crippen molar-refractivity contribution in [2.24, 2.45) is 0 Å². The maximum atomic E-state index is 12.7. The molecule has 2 N–H and O–H groups in total. The van der Waals surface area contributed by atoms with Gasteiger partial charge in [0.2, 0.25) is 0 Å². The van der Waals surface area contributed by atoms with Crippen LogP contribution in [0.3, 0.4) is 0 Å². The number of ether oxygens (including phenoxy) is 1. The van der Waals surface area contributed by atoms with E-state index < -0.39 is 22.0 Å². The van der Waals surface area contributed by atoms with Crippen molar-refractivity contribution in [1.29, 1.82) is 0 Å². The van der Waals surface area contributed by atoms with Crippen molar-refractivity contribution in [2.75, 3.05) is 5.32 Å². The first-order valence-electron chi connectivity index (χ1n) is 13.0. The lowest BCUT2D eigenvalue weighted by Crippen LogP contribution is -2.31. The van der Waals surface area contributed by atoms with E-state index in [0.717, 1.165) is 31.2 Å². The van der Waals surface area contributed by atoms with Crippen molar-refractivity contribution in [3.05, 3.63) is 106 Å². The lowest BCUT2D eigenvalue weighted by atomic mass is 10.1. The molecule has 0 saturated heterocycles. The number of carbonyl (C=O) groups is 2. The zero-order valence-corrected chi connectivity index (χ0v) is 22.7. The summed E-state index contributed by atoms with van der Waals surface area (Å²) in [6, 6.07) is 19.5. The van der Waals surface area contributed by atoms with Gasteiger partial charge < -0.3 is 9.30 Å². The van der Waals surface area contributed by atoms with Crippen LogP contribution in [0.15, 0.2) is 88.7 Å². The van der Waals surface area contributed by atoms with E-state index in [1.807, 2.05) is 4.57 Å². The van der Waals surface area contributed by atoms with Crippen LogP contribution in [0.2, 0.25) is 0 Å². The minimum absolute atomic E-state index is 0.0470. The van der Waals surface area contributed by atoms with Gasteiger partial charge >= 0.3 is 6.09 Å². The van der Waals surface area contributed by atoms with Crippen LogP contribution in [-0.4, -0.2) is 31.1 Å². The number of nitrogens with zero attached hydrogens (tertiary/aromatic N) is 1. The second kappa shape index (κ2) is 11.4. The van der Waals surface area contributed by atoms with Gasteiger partial charge in [-0.1, -0.05) is 30.3 Å². The van der Waals surface area contributed by atoms with Crippen LogP contribution in [0, 0.1) is 6.92 Å². The van der Waals surface area contributed by atoms with E-state index in [1.54, 1.807) is 73.8 Å². The van der Waals surface area contributed by atoms with E-state index >= 15 is 0 Å². The molecule has 3 aromatic carbocycles. The highest BCUT2D eigenvalue weighted by Gasteiger charge is 2.21. The summed E-state index contributed by atoms with van der Waals surface area (Å²) in [4.78, 5) is 37.6. The summed E-state index contributed by atoms with van der Waals surface area (Å²) < 4.78 is 34.8. The number of hydrogen-bond donors (Lipinski definition) is 2. The molecule has 10 heteroatoms. The topological polar surface area (TPSA) is 124 Å². The standard InChI is InChI=1S/C30H29N3O6S/c1-20-6-2-5-9-28(20)40(37,38)32-29(35)22-12-10-21(11-13-22)19-33-17-16-27(34)25-15-14-23(18-26(25)33)31-30(36)39-24-7-3-4-8-24/h2,5-6,9-18,24H,3-4,7-8,19H2,1H3,(H,31,36)(H,32,35). The molecule has 4 aromatic rings. The number of pyridine rings is 1. The summed E-state index contributed by atoms with van der Waals surface area (Å²) in [5, 5.41) is 3.25. The fourth-order valence-electron chi connectivity index (χ4n) is 4.88. The zero-order valence-electron chi connectivity index (χ0n) is 21.9. The molecule has 0 spiro atoms. The van der Waals surface area contributed by atoms with Gasteiger partial charge in [0.05, 0.1) is 10.4 Å². The summed E-state index contributed by atoms with van der Waals surface area (Å²) in [6.07, 6.45) is 4.93. The van der Waals surface area contributed by atoms with E-state index in [2.05, 4.69) is 10.0 Å². The number of hydrogen-bond acceptors (Lipinski definition) is 6. The maximum absolute atomic E-state index is 12.7. The van der Waals surface area contributed by atoms with E-state index in [9.17, 15) is 22.8 Å². The smallest absolute Gasteiger partial charge is 0.411 e. The Labute approximate surface area is 231 Å². The van der Waals surface area contributed by atoms with Gasteiger partial charge in [-0.05, 0) is 80.1 Å². The second-order valence-corrected chi connectivity index (χ2v) is 11.5. The molecule has 1 fully saturated rings. The fourth-order valence-corrected chi connectivity index (χ4v) is 6.10. The Balaban J connectivity index is 1.32. The number of anilines is 1. The molecule has 0 aliphatic heterocycles. The lowest BCUT2D eigenvalue weighted by Gasteiger charge is -2.15. The first-order valence-corrected chi connectivity index (χ1v) is 14.5. The molecule has 1 saturated carbocycles. The third-order valence-electron chi connectivity index (χ3n) is 6.98. The molecule has 1 aliphatic carbocycles. The van der Waals surface area contributed by atoms with Crippen molar-refractivity contribution in [1.82, 2.24) is 9.29 Å². The molecular weight excluding hydrogens is 530 g/mol. The molecule has 9 nitrogen and oxygen atoms in total. The molecule has 40 heavy (non-hydrogen) atoms. The van der Waals surface area contributed by atoms with Gasteiger partial charge in [0.15, 0.2) is 5.43 Å². The van der Waals surface area contributed by atoms with Crippen LogP contribution in [0.25, 0.3) is 10.9 Å². The van der Waals surface area contributed by atoms with E-state index in [1.165, 1.54) is 12.1 Å². The zero-order chi connectivity index (χ0) is 28.3. The van der Waals surface area contributed by atoms with Gasteiger partial charge in [-0.3, -0.25) is 14.9 Å². The van der Waals surface area contributed by atoms with Crippen LogP contribution < -0.4 is 15.5 Å². The van der Waals surface area contributed by atoms with Gasteiger partial charge in [0.25, 0.3) is 15.9 Å². The van der Waals surface area contributed by atoms with Crippen LogP contribution in [0.1, 0.15) is 47.2 Å². The summed E-state index contributed by atoms with van der Waals surface area (Å²) in [6.45, 7) is 2.03. The van der Waals surface area contributed by atoms with Crippen LogP contribution in [0.5, 0.6) is 0 Å². The summed E-state index contributed by atoms with van der Waals surface area (Å²) in [7, 11) is -4.02. The lowest BCUT2D eigenvalue weighted by molar-refractivity contribution is 0.0981. The van der Waals surface area contributed by atoms with E-state index in [0.29, 0.717) is 28.7 Å². The number of aryl methyl sites for hydroxylation is 1. The largest absolute Gasteiger partial charge is 0.446 e. The Morgan fingerprint density at radius 3 is 2.42 bits per heavy atom. The molecule has 1 aromatic heterocycles. The predicted molar refractivity (Wildman–Crippen MR) is 152 cm³/mol. The number of carbonyl (C=O) groups excluding carboxylic acids is 2. The minimum Gasteiger partial charge on any atom is -0.446 e. The van der Waals surface area contributed by atoms with Gasteiger partial charge in [-0.25, -0.2) is 17.9 Å². The number of nitrogens with one attached hydrogen (secondary N) is 2. The number of amides is 2. The Hall–Kier alpha value is -4.44. The molecule has 5 rings (SSSR count). The average Bonchev–Trinajstić information content (AvgIpc) is 3.43.